The summed E-state index contributed by atoms with van der Waals surface area (Å²) in [5.41, 5.74) is 1.02. The van der Waals surface area contributed by atoms with E-state index >= 15 is 0 Å². The Labute approximate surface area is 83.4 Å². The van der Waals surface area contributed by atoms with Gasteiger partial charge in [-0.15, -0.1) is 0 Å². The Morgan fingerprint density at radius 2 is 2.00 bits per heavy atom. The third kappa shape index (κ3) is 3.51. The van der Waals surface area contributed by atoms with Crippen molar-refractivity contribution in [3.8, 4) is 0 Å². The van der Waals surface area contributed by atoms with Crippen LogP contribution in [0.25, 0.3) is 0 Å². The van der Waals surface area contributed by atoms with Gasteiger partial charge in [-0.2, -0.15) is 0 Å². The molecule has 1 aromatic carbocycles. The Balaban J connectivity index is 2.59. The van der Waals surface area contributed by atoms with E-state index in [0.717, 1.165) is 9.91 Å². The van der Waals surface area contributed by atoms with Gasteiger partial charge in [0, 0.05) is 0 Å². The third-order valence-electron chi connectivity index (χ3n) is 1.58. The molecular weight excluding hydrogens is 229 g/mol. The molecule has 0 fully saturated rings. The van der Waals surface area contributed by atoms with Gasteiger partial charge in [-0.25, -0.2) is 0 Å². The van der Waals surface area contributed by atoms with E-state index in [4.69, 9.17) is 0 Å². The van der Waals surface area contributed by atoms with Crippen LogP contribution in [0.15, 0.2) is 24.3 Å². The van der Waals surface area contributed by atoms with Crippen molar-refractivity contribution in [3.63, 3.8) is 0 Å². The Hall–Kier alpha value is -0.952. The molecule has 0 saturated carbocycles. The fourth-order valence-electron chi connectivity index (χ4n) is 0.901. The van der Waals surface area contributed by atoms with E-state index < -0.39 is 15.7 Å². The summed E-state index contributed by atoms with van der Waals surface area (Å²) >= 11 is -0.935. The topological polar surface area (TPSA) is 46.2 Å². The molecule has 13 heavy (non-hydrogen) atoms. The first-order valence-electron chi connectivity index (χ1n) is 3.89. The molecule has 1 rings (SSSR count). The first-order valence-corrected chi connectivity index (χ1v) is 5.59. The van der Waals surface area contributed by atoms with Crippen molar-refractivity contribution in [1.29, 1.82) is 0 Å². The summed E-state index contributed by atoms with van der Waals surface area (Å²) < 4.78 is 11.4. The van der Waals surface area contributed by atoms with Gasteiger partial charge in [0.05, 0.1) is 0 Å². The maximum absolute atomic E-state index is 10.6. The molecule has 0 aliphatic rings. The van der Waals surface area contributed by atoms with E-state index in [1.165, 1.54) is 6.92 Å². The molecule has 3 nitrogen and oxygen atoms in total. The minimum absolute atomic E-state index is 0.0424. The first-order chi connectivity index (χ1) is 6.22. The number of carbonyl (C=O) groups is 1. The van der Waals surface area contributed by atoms with E-state index in [-0.39, 0.29) is 5.91 Å². The zero-order valence-corrected chi connectivity index (χ0v) is 9.16. The van der Waals surface area contributed by atoms with E-state index in [9.17, 15) is 8.53 Å². The van der Waals surface area contributed by atoms with Gasteiger partial charge in [0.2, 0.25) is 0 Å². The zero-order valence-electron chi connectivity index (χ0n) is 7.28. The van der Waals surface area contributed by atoms with Crippen LogP contribution in [0.2, 0.25) is 0 Å². The second-order valence-corrected chi connectivity index (χ2v) is 4.13. The first kappa shape index (κ1) is 10.1. The molecule has 0 aromatic heterocycles. The number of rotatable bonds is 3. The van der Waals surface area contributed by atoms with E-state index in [1.54, 1.807) is 0 Å². The number of benzene rings is 1. The third-order valence-corrected chi connectivity index (χ3v) is 2.65. The molecular formula is C9H10AsNO2. The van der Waals surface area contributed by atoms with Crippen molar-refractivity contribution in [2.24, 2.45) is 0 Å². The number of carbonyl (C=O) groups excluding carboxylic acids is 1. The fraction of sp³-hybridized carbons (Fsp3) is 0.222. The van der Waals surface area contributed by atoms with Crippen molar-refractivity contribution in [3.05, 3.63) is 29.8 Å². The Morgan fingerprint density at radius 3 is 2.46 bits per heavy atom. The second-order valence-electron chi connectivity index (χ2n) is 2.67. The minimum atomic E-state index is -0.935. The number of amides is 1. The van der Waals surface area contributed by atoms with E-state index in [1.807, 2.05) is 24.3 Å². The summed E-state index contributed by atoms with van der Waals surface area (Å²) in [6.07, 6.45) is 0. The molecule has 0 aliphatic heterocycles. The summed E-state index contributed by atoms with van der Waals surface area (Å²) in [5.74, 6) is -0.0424. The van der Waals surface area contributed by atoms with Crippen LogP contribution in [0.1, 0.15) is 12.5 Å². The van der Waals surface area contributed by atoms with Crippen LogP contribution in [-0.4, -0.2) is 21.6 Å². The quantitative estimate of drug-likeness (QED) is 0.754. The Kier molecular flexibility index (Phi) is 3.84. The van der Waals surface area contributed by atoms with Crippen LogP contribution in [0.3, 0.4) is 0 Å². The second kappa shape index (κ2) is 4.93. The average Bonchev–Trinajstić information content (AvgIpc) is 2.15. The molecule has 0 spiro atoms. The van der Waals surface area contributed by atoms with Crippen LogP contribution < -0.4 is 9.67 Å². The predicted molar refractivity (Wildman–Crippen MR) is 50.0 cm³/mol. The van der Waals surface area contributed by atoms with Gasteiger partial charge in [-0.1, -0.05) is 0 Å². The van der Waals surface area contributed by atoms with Gasteiger partial charge < -0.3 is 0 Å². The molecule has 0 saturated heterocycles. The van der Waals surface area contributed by atoms with Crippen molar-refractivity contribution >= 4 is 25.9 Å². The maximum atomic E-state index is 10.6. The van der Waals surface area contributed by atoms with Crippen molar-refractivity contribution in [2.75, 3.05) is 0 Å². The van der Waals surface area contributed by atoms with E-state index in [2.05, 4.69) is 5.32 Å². The molecule has 4 heteroatoms. The molecule has 0 unspecified atom stereocenters. The number of hydrogen-bond acceptors (Lipinski definition) is 2. The summed E-state index contributed by atoms with van der Waals surface area (Å²) in [4.78, 5) is 10.6. The zero-order chi connectivity index (χ0) is 9.68. The van der Waals surface area contributed by atoms with Gasteiger partial charge >= 0.3 is 83.1 Å². The summed E-state index contributed by atoms with van der Waals surface area (Å²) in [6, 6.07) is 7.39. The summed E-state index contributed by atoms with van der Waals surface area (Å²) in [5, 5.41) is 2.69. The normalized spacial score (nSPS) is 9.92. The molecule has 0 atom stereocenters. The molecule has 0 bridgehead atoms. The number of hydrogen-bond donors (Lipinski definition) is 1. The van der Waals surface area contributed by atoms with Crippen LogP contribution >= 0.6 is 0 Å². The van der Waals surface area contributed by atoms with Crippen LogP contribution in [0.4, 0.5) is 0 Å². The number of nitrogens with one attached hydrogen (secondary N) is 1. The molecule has 1 amide bonds. The van der Waals surface area contributed by atoms with Crippen LogP contribution in [0, 0.1) is 0 Å². The SMILES string of the molecule is CC(=O)NCc1ccc([As]=O)cc1. The van der Waals surface area contributed by atoms with Gasteiger partial charge in [0.1, 0.15) is 0 Å². The Bertz CT molecular complexity index is 308. The van der Waals surface area contributed by atoms with Gasteiger partial charge in [-0.05, 0) is 0 Å². The molecule has 1 N–H and O–H groups in total. The van der Waals surface area contributed by atoms with Gasteiger partial charge in [0.25, 0.3) is 0 Å². The molecule has 0 radical (unpaired) electrons. The van der Waals surface area contributed by atoms with Crippen LogP contribution in [0.5, 0.6) is 0 Å². The fourth-order valence-corrected chi connectivity index (χ4v) is 1.47. The monoisotopic (exact) mass is 239 g/mol. The van der Waals surface area contributed by atoms with Crippen molar-refractivity contribution in [2.45, 2.75) is 13.5 Å². The van der Waals surface area contributed by atoms with Gasteiger partial charge in [0.15, 0.2) is 0 Å². The average molecular weight is 239 g/mol. The molecule has 0 aliphatic carbocycles. The predicted octanol–water partition coefficient (Wildman–Crippen LogP) is -0.00230. The van der Waals surface area contributed by atoms with E-state index in [0.29, 0.717) is 6.54 Å². The van der Waals surface area contributed by atoms with Gasteiger partial charge in [-0.3, -0.25) is 0 Å². The Morgan fingerprint density at radius 1 is 1.38 bits per heavy atom. The molecule has 0 heterocycles. The summed E-state index contributed by atoms with van der Waals surface area (Å²) in [7, 11) is 0. The molecule has 1 aromatic rings. The van der Waals surface area contributed by atoms with Crippen molar-refractivity contribution in [1.82, 2.24) is 5.32 Å². The standard InChI is InChI=1S/C9H10AsNO2/c1-7(12)11-6-8-2-4-9(10-13)5-3-8/h2-5H,6H2,1H3,(H,11,12). The van der Waals surface area contributed by atoms with Crippen molar-refractivity contribution < 1.29 is 8.53 Å². The summed E-state index contributed by atoms with van der Waals surface area (Å²) in [6.45, 7) is 2.02. The van der Waals surface area contributed by atoms with Crippen LogP contribution in [-0.2, 0) is 15.1 Å². The molecule has 68 valence electrons.